The highest BCUT2D eigenvalue weighted by molar-refractivity contribution is 5.44. The number of ether oxygens (including phenoxy) is 2. The lowest BCUT2D eigenvalue weighted by atomic mass is 10.1. The molecule has 0 fully saturated rings. The van der Waals surface area contributed by atoms with Crippen LogP contribution in [0.4, 0.5) is 0 Å². The number of nitrogens with two attached hydrogens (primary N) is 1. The van der Waals surface area contributed by atoms with Crippen molar-refractivity contribution >= 4 is 0 Å². The van der Waals surface area contributed by atoms with Gasteiger partial charge in [-0.1, -0.05) is 11.2 Å². The van der Waals surface area contributed by atoms with Gasteiger partial charge in [-0.25, -0.2) is 0 Å². The van der Waals surface area contributed by atoms with Crippen molar-refractivity contribution in [2.45, 2.75) is 13.0 Å². The number of aromatic nitrogens is 2. The fourth-order valence-corrected chi connectivity index (χ4v) is 1.64. The third kappa shape index (κ3) is 2.28. The van der Waals surface area contributed by atoms with Crippen molar-refractivity contribution in [1.29, 1.82) is 0 Å². The Morgan fingerprint density at radius 3 is 2.50 bits per heavy atom. The Morgan fingerprint density at radius 2 is 1.94 bits per heavy atom. The molecular weight excluding hydrogens is 234 g/mol. The molecular formula is C12H15N3O3. The zero-order chi connectivity index (χ0) is 13.1. The van der Waals surface area contributed by atoms with E-state index in [0.717, 1.165) is 5.56 Å². The molecule has 1 atom stereocenters. The van der Waals surface area contributed by atoms with E-state index < -0.39 is 6.04 Å². The van der Waals surface area contributed by atoms with Crippen molar-refractivity contribution in [3.8, 4) is 11.5 Å². The maximum atomic E-state index is 6.06. The molecule has 0 amide bonds. The number of aryl methyl sites for hydroxylation is 1. The van der Waals surface area contributed by atoms with Gasteiger partial charge in [0, 0.05) is 6.92 Å². The highest BCUT2D eigenvalue weighted by atomic mass is 16.5. The topological polar surface area (TPSA) is 83.4 Å². The lowest BCUT2D eigenvalue weighted by Gasteiger charge is -2.12. The molecule has 0 bridgehead atoms. The number of hydrogen-bond donors (Lipinski definition) is 1. The molecule has 18 heavy (non-hydrogen) atoms. The molecule has 1 aromatic heterocycles. The lowest BCUT2D eigenvalue weighted by Crippen LogP contribution is -2.13. The summed E-state index contributed by atoms with van der Waals surface area (Å²) in [5.41, 5.74) is 6.89. The van der Waals surface area contributed by atoms with Crippen LogP contribution in [0.1, 0.15) is 23.3 Å². The number of rotatable bonds is 4. The molecule has 0 aliphatic heterocycles. The Labute approximate surface area is 105 Å². The molecule has 96 valence electrons. The van der Waals surface area contributed by atoms with Gasteiger partial charge < -0.3 is 19.7 Å². The quantitative estimate of drug-likeness (QED) is 0.882. The van der Waals surface area contributed by atoms with E-state index in [1.165, 1.54) is 0 Å². The molecule has 2 rings (SSSR count). The number of hydrogen-bond acceptors (Lipinski definition) is 6. The van der Waals surface area contributed by atoms with Crippen molar-refractivity contribution in [1.82, 2.24) is 10.1 Å². The Balaban J connectivity index is 2.33. The highest BCUT2D eigenvalue weighted by Gasteiger charge is 2.17. The summed E-state index contributed by atoms with van der Waals surface area (Å²) < 4.78 is 15.3. The van der Waals surface area contributed by atoms with Gasteiger partial charge in [-0.05, 0) is 17.7 Å². The SMILES string of the molecule is COc1ccc(C(N)c2noc(C)n2)cc1OC. The van der Waals surface area contributed by atoms with Gasteiger partial charge in [0.2, 0.25) is 5.89 Å². The monoisotopic (exact) mass is 249 g/mol. The Kier molecular flexibility index (Phi) is 3.47. The van der Waals surface area contributed by atoms with Gasteiger partial charge in [0.1, 0.15) is 0 Å². The zero-order valence-corrected chi connectivity index (χ0v) is 10.5. The minimum Gasteiger partial charge on any atom is -0.493 e. The van der Waals surface area contributed by atoms with Crippen molar-refractivity contribution in [3.05, 3.63) is 35.5 Å². The average molecular weight is 249 g/mol. The summed E-state index contributed by atoms with van der Waals surface area (Å²) in [5.74, 6) is 2.20. The fourth-order valence-electron chi connectivity index (χ4n) is 1.64. The first-order valence-corrected chi connectivity index (χ1v) is 5.43. The summed E-state index contributed by atoms with van der Waals surface area (Å²) in [6.45, 7) is 1.72. The van der Waals surface area contributed by atoms with Crippen LogP contribution in [-0.2, 0) is 0 Å². The smallest absolute Gasteiger partial charge is 0.223 e. The van der Waals surface area contributed by atoms with Gasteiger partial charge in [0.15, 0.2) is 17.3 Å². The molecule has 1 aromatic carbocycles. The summed E-state index contributed by atoms with van der Waals surface area (Å²) >= 11 is 0. The summed E-state index contributed by atoms with van der Waals surface area (Å²) in [6, 6.07) is 4.98. The standard InChI is InChI=1S/C12H15N3O3/c1-7-14-12(15-18-7)11(13)8-4-5-9(16-2)10(6-8)17-3/h4-6,11H,13H2,1-3H3. The first kappa shape index (κ1) is 12.4. The third-order valence-electron chi connectivity index (χ3n) is 2.59. The summed E-state index contributed by atoms with van der Waals surface area (Å²) in [5, 5.41) is 3.81. The number of nitrogens with zero attached hydrogens (tertiary/aromatic N) is 2. The summed E-state index contributed by atoms with van der Waals surface area (Å²) in [7, 11) is 3.16. The largest absolute Gasteiger partial charge is 0.493 e. The van der Waals surface area contributed by atoms with E-state index >= 15 is 0 Å². The molecule has 0 saturated carbocycles. The minimum atomic E-state index is -0.456. The van der Waals surface area contributed by atoms with Gasteiger partial charge in [-0.3, -0.25) is 0 Å². The Bertz CT molecular complexity index is 539. The van der Waals surface area contributed by atoms with Crippen LogP contribution >= 0.6 is 0 Å². The summed E-state index contributed by atoms with van der Waals surface area (Å²) in [4.78, 5) is 4.11. The van der Waals surface area contributed by atoms with Gasteiger partial charge in [-0.2, -0.15) is 4.98 Å². The van der Waals surface area contributed by atoms with E-state index in [-0.39, 0.29) is 0 Å². The van der Waals surface area contributed by atoms with Gasteiger partial charge in [0.05, 0.1) is 20.3 Å². The molecule has 0 radical (unpaired) electrons. The van der Waals surface area contributed by atoms with Crippen LogP contribution in [0, 0.1) is 6.92 Å². The molecule has 0 saturated heterocycles. The molecule has 0 aliphatic carbocycles. The second kappa shape index (κ2) is 5.05. The van der Waals surface area contributed by atoms with Gasteiger partial charge >= 0.3 is 0 Å². The van der Waals surface area contributed by atoms with E-state index in [1.807, 2.05) is 6.07 Å². The molecule has 2 N–H and O–H groups in total. The first-order valence-electron chi connectivity index (χ1n) is 5.43. The zero-order valence-electron chi connectivity index (χ0n) is 10.5. The maximum Gasteiger partial charge on any atom is 0.223 e. The van der Waals surface area contributed by atoms with Crippen LogP contribution < -0.4 is 15.2 Å². The predicted molar refractivity (Wildman–Crippen MR) is 64.6 cm³/mol. The van der Waals surface area contributed by atoms with Gasteiger partial charge in [0.25, 0.3) is 0 Å². The normalized spacial score (nSPS) is 12.2. The third-order valence-corrected chi connectivity index (χ3v) is 2.59. The van der Waals surface area contributed by atoms with Crippen LogP contribution in [-0.4, -0.2) is 24.4 Å². The van der Waals surface area contributed by atoms with Crippen molar-refractivity contribution in [2.75, 3.05) is 14.2 Å². The molecule has 1 heterocycles. The van der Waals surface area contributed by atoms with Crippen molar-refractivity contribution < 1.29 is 14.0 Å². The van der Waals surface area contributed by atoms with Crippen LogP contribution in [0.3, 0.4) is 0 Å². The van der Waals surface area contributed by atoms with E-state index in [9.17, 15) is 0 Å². The number of benzene rings is 1. The Hall–Kier alpha value is -2.08. The van der Waals surface area contributed by atoms with E-state index in [2.05, 4.69) is 10.1 Å². The second-order valence-electron chi connectivity index (χ2n) is 3.76. The van der Waals surface area contributed by atoms with E-state index in [1.54, 1.807) is 33.3 Å². The fraction of sp³-hybridized carbons (Fsp3) is 0.333. The van der Waals surface area contributed by atoms with Crippen molar-refractivity contribution in [2.24, 2.45) is 5.73 Å². The minimum absolute atomic E-state index is 0.444. The molecule has 6 nitrogen and oxygen atoms in total. The molecule has 6 heteroatoms. The van der Waals surface area contributed by atoms with Gasteiger partial charge in [-0.15, -0.1) is 0 Å². The predicted octanol–water partition coefficient (Wildman–Crippen LogP) is 1.44. The van der Waals surface area contributed by atoms with Crippen LogP contribution in [0.15, 0.2) is 22.7 Å². The van der Waals surface area contributed by atoms with Crippen molar-refractivity contribution in [3.63, 3.8) is 0 Å². The average Bonchev–Trinajstić information content (AvgIpc) is 2.83. The summed E-state index contributed by atoms with van der Waals surface area (Å²) in [6.07, 6.45) is 0. The van der Waals surface area contributed by atoms with Crippen LogP contribution in [0.25, 0.3) is 0 Å². The van der Waals surface area contributed by atoms with E-state index in [4.69, 9.17) is 19.7 Å². The Morgan fingerprint density at radius 1 is 1.22 bits per heavy atom. The molecule has 1 unspecified atom stereocenters. The molecule has 2 aromatic rings. The van der Waals surface area contributed by atoms with Crippen LogP contribution in [0.2, 0.25) is 0 Å². The highest BCUT2D eigenvalue weighted by Crippen LogP contribution is 2.30. The first-order chi connectivity index (χ1) is 8.65. The number of methoxy groups -OCH3 is 2. The maximum absolute atomic E-state index is 6.06. The molecule has 0 spiro atoms. The molecule has 0 aliphatic rings. The van der Waals surface area contributed by atoms with E-state index in [0.29, 0.717) is 23.2 Å². The van der Waals surface area contributed by atoms with Crippen LogP contribution in [0.5, 0.6) is 11.5 Å². The second-order valence-corrected chi connectivity index (χ2v) is 3.76. The lowest BCUT2D eigenvalue weighted by molar-refractivity contribution is 0.354.